The first-order chi connectivity index (χ1) is 12.7. The van der Waals surface area contributed by atoms with E-state index in [9.17, 15) is 22.4 Å². The molecule has 2 atom stereocenters. The van der Waals surface area contributed by atoms with Crippen LogP contribution in [-0.2, 0) is 14.8 Å². The fraction of sp³-hybridized carbons (Fsp3) is 0.529. The van der Waals surface area contributed by atoms with Crippen molar-refractivity contribution < 1.29 is 22.4 Å². The van der Waals surface area contributed by atoms with E-state index in [2.05, 4.69) is 5.32 Å². The van der Waals surface area contributed by atoms with Gasteiger partial charge in [-0.1, -0.05) is 32.4 Å². The van der Waals surface area contributed by atoms with Gasteiger partial charge in [-0.3, -0.25) is 4.79 Å². The van der Waals surface area contributed by atoms with E-state index < -0.39 is 27.9 Å². The first-order valence-corrected chi connectivity index (χ1v) is 10.2. The number of amides is 3. The van der Waals surface area contributed by atoms with Gasteiger partial charge in [0.1, 0.15) is 16.8 Å². The highest BCUT2D eigenvalue weighted by molar-refractivity contribution is 7.89. The highest BCUT2D eigenvalue weighted by Crippen LogP contribution is 2.21. The van der Waals surface area contributed by atoms with Crippen LogP contribution in [0.3, 0.4) is 0 Å². The molecule has 3 N–H and O–H groups in total. The number of hydrogen-bond donors (Lipinski definition) is 2. The maximum Gasteiger partial charge on any atom is 0.312 e. The summed E-state index contributed by atoms with van der Waals surface area (Å²) < 4.78 is 40.3. The van der Waals surface area contributed by atoms with Gasteiger partial charge < -0.3 is 16.0 Å². The second-order valence-electron chi connectivity index (χ2n) is 6.53. The summed E-state index contributed by atoms with van der Waals surface area (Å²) in [6.07, 6.45) is 0.665. The summed E-state index contributed by atoms with van der Waals surface area (Å²) in [4.78, 5) is 25.1. The van der Waals surface area contributed by atoms with Crippen LogP contribution in [0.1, 0.15) is 20.3 Å². The molecule has 0 aromatic heterocycles. The number of halogens is 1. The summed E-state index contributed by atoms with van der Waals surface area (Å²) in [5, 5.41) is 2.47. The van der Waals surface area contributed by atoms with Crippen LogP contribution >= 0.6 is 0 Å². The number of carbonyl (C=O) groups excluding carboxylic acids is 2. The first kappa shape index (κ1) is 21.1. The van der Waals surface area contributed by atoms with Gasteiger partial charge in [-0.05, 0) is 18.1 Å². The Bertz CT molecular complexity index is 794. The van der Waals surface area contributed by atoms with Crippen LogP contribution in [-0.4, -0.2) is 61.8 Å². The molecule has 1 aromatic carbocycles. The molecule has 1 fully saturated rings. The molecule has 0 saturated carbocycles. The summed E-state index contributed by atoms with van der Waals surface area (Å²) in [6, 6.07) is 3.65. The molecule has 1 aliphatic heterocycles. The lowest BCUT2D eigenvalue weighted by atomic mass is 9.97. The molecule has 1 aliphatic rings. The van der Waals surface area contributed by atoms with Crippen molar-refractivity contribution in [1.82, 2.24) is 14.5 Å². The van der Waals surface area contributed by atoms with E-state index in [1.165, 1.54) is 23.1 Å². The highest BCUT2D eigenvalue weighted by atomic mass is 32.2. The minimum absolute atomic E-state index is 0.0478. The molecule has 0 spiro atoms. The number of sulfonamides is 1. The van der Waals surface area contributed by atoms with E-state index >= 15 is 0 Å². The smallest absolute Gasteiger partial charge is 0.312 e. The Morgan fingerprint density at radius 3 is 2.33 bits per heavy atom. The first-order valence-electron chi connectivity index (χ1n) is 8.78. The average molecular weight is 400 g/mol. The van der Waals surface area contributed by atoms with Gasteiger partial charge >= 0.3 is 6.03 Å². The number of primary amides is 1. The topological polar surface area (TPSA) is 113 Å². The minimum atomic E-state index is -3.97. The summed E-state index contributed by atoms with van der Waals surface area (Å²) in [5.41, 5.74) is 5.17. The van der Waals surface area contributed by atoms with Gasteiger partial charge in [0, 0.05) is 26.2 Å². The lowest BCUT2D eigenvalue weighted by Gasteiger charge is -2.36. The number of rotatable bonds is 6. The van der Waals surface area contributed by atoms with Gasteiger partial charge in [-0.15, -0.1) is 0 Å². The Morgan fingerprint density at radius 1 is 1.22 bits per heavy atom. The van der Waals surface area contributed by atoms with Crippen molar-refractivity contribution in [3.8, 4) is 0 Å². The van der Waals surface area contributed by atoms with E-state index in [1.807, 2.05) is 13.8 Å². The Morgan fingerprint density at radius 2 is 1.81 bits per heavy atom. The minimum Gasteiger partial charge on any atom is -0.352 e. The number of nitrogens with one attached hydrogen (secondary N) is 1. The fourth-order valence-electron chi connectivity index (χ4n) is 2.97. The van der Waals surface area contributed by atoms with Gasteiger partial charge in [-0.25, -0.2) is 17.6 Å². The SMILES string of the molecule is CC[C@H](C)[C@H](NC(N)=O)C(=O)N1CCN(S(=O)(=O)c2ccccc2F)CC1. The third-order valence-corrected chi connectivity index (χ3v) is 6.71. The molecule has 3 amide bonds. The summed E-state index contributed by atoms with van der Waals surface area (Å²) >= 11 is 0. The van der Waals surface area contributed by atoms with Crippen molar-refractivity contribution in [2.75, 3.05) is 26.2 Å². The molecule has 8 nitrogen and oxygen atoms in total. The third-order valence-electron chi connectivity index (χ3n) is 4.78. The molecule has 150 valence electrons. The zero-order chi connectivity index (χ0) is 20.2. The van der Waals surface area contributed by atoms with Crippen molar-refractivity contribution in [2.24, 2.45) is 11.7 Å². The van der Waals surface area contributed by atoms with Crippen LogP contribution < -0.4 is 11.1 Å². The van der Waals surface area contributed by atoms with Crippen LogP contribution in [0.4, 0.5) is 9.18 Å². The third kappa shape index (κ3) is 4.75. The van der Waals surface area contributed by atoms with Crippen LogP contribution in [0.15, 0.2) is 29.2 Å². The number of benzene rings is 1. The van der Waals surface area contributed by atoms with Gasteiger partial charge in [0.15, 0.2) is 0 Å². The zero-order valence-electron chi connectivity index (χ0n) is 15.4. The number of urea groups is 1. The van der Waals surface area contributed by atoms with Gasteiger partial charge in [0.05, 0.1) is 0 Å². The molecule has 1 aromatic rings. The van der Waals surface area contributed by atoms with E-state index in [-0.39, 0.29) is 42.9 Å². The molecule has 1 saturated heterocycles. The van der Waals surface area contributed by atoms with Crippen LogP contribution in [0, 0.1) is 11.7 Å². The molecule has 27 heavy (non-hydrogen) atoms. The quantitative estimate of drug-likeness (QED) is 0.733. The number of hydrogen-bond acceptors (Lipinski definition) is 4. The van der Waals surface area contributed by atoms with E-state index in [1.54, 1.807) is 0 Å². The van der Waals surface area contributed by atoms with Gasteiger partial charge in [0.25, 0.3) is 0 Å². The van der Waals surface area contributed by atoms with Crippen molar-refractivity contribution in [3.05, 3.63) is 30.1 Å². The predicted molar refractivity (Wildman–Crippen MR) is 97.7 cm³/mol. The lowest BCUT2D eigenvalue weighted by Crippen LogP contribution is -2.58. The number of carbonyl (C=O) groups is 2. The largest absolute Gasteiger partial charge is 0.352 e. The van der Waals surface area contributed by atoms with Crippen LogP contribution in [0.2, 0.25) is 0 Å². The average Bonchev–Trinajstić information content (AvgIpc) is 2.65. The molecule has 0 aliphatic carbocycles. The van der Waals surface area contributed by atoms with Gasteiger partial charge in [-0.2, -0.15) is 4.31 Å². The molecule has 0 bridgehead atoms. The highest BCUT2D eigenvalue weighted by Gasteiger charge is 2.35. The number of piperazine rings is 1. The number of nitrogens with zero attached hydrogens (tertiary/aromatic N) is 2. The second-order valence-corrected chi connectivity index (χ2v) is 8.44. The summed E-state index contributed by atoms with van der Waals surface area (Å²) in [7, 11) is -3.97. The Kier molecular flexibility index (Phi) is 6.77. The van der Waals surface area contributed by atoms with Crippen molar-refractivity contribution in [2.45, 2.75) is 31.2 Å². The van der Waals surface area contributed by atoms with Crippen LogP contribution in [0.5, 0.6) is 0 Å². The molecular weight excluding hydrogens is 375 g/mol. The molecular formula is C17H25FN4O4S. The maximum absolute atomic E-state index is 13.9. The summed E-state index contributed by atoms with van der Waals surface area (Å²) in [5.74, 6) is -1.23. The normalized spacial score (nSPS) is 18.0. The van der Waals surface area contributed by atoms with Crippen molar-refractivity contribution >= 4 is 22.0 Å². The lowest BCUT2D eigenvalue weighted by molar-refractivity contribution is -0.135. The van der Waals surface area contributed by atoms with E-state index in [4.69, 9.17) is 5.73 Å². The standard InChI is InChI=1S/C17H25FN4O4S/c1-3-12(2)15(20-17(19)24)16(23)21-8-10-22(11-9-21)27(25,26)14-7-5-4-6-13(14)18/h4-7,12,15H,3,8-11H2,1-2H3,(H3,19,20,24)/t12-,15-/m0/s1. The molecule has 0 radical (unpaired) electrons. The predicted octanol–water partition coefficient (Wildman–Crippen LogP) is 0.742. The van der Waals surface area contributed by atoms with Gasteiger partial charge in [0.2, 0.25) is 15.9 Å². The molecule has 10 heteroatoms. The Balaban J connectivity index is 2.08. The molecule has 1 heterocycles. The Labute approximate surface area is 158 Å². The summed E-state index contributed by atoms with van der Waals surface area (Å²) in [6.45, 7) is 4.13. The molecule has 2 rings (SSSR count). The monoisotopic (exact) mass is 400 g/mol. The van der Waals surface area contributed by atoms with Crippen molar-refractivity contribution in [3.63, 3.8) is 0 Å². The van der Waals surface area contributed by atoms with E-state index in [0.717, 1.165) is 10.4 Å². The molecule has 0 unspecified atom stereocenters. The second kappa shape index (κ2) is 8.66. The maximum atomic E-state index is 13.9. The van der Waals surface area contributed by atoms with Crippen molar-refractivity contribution in [1.29, 1.82) is 0 Å². The zero-order valence-corrected chi connectivity index (χ0v) is 16.2. The Hall–Kier alpha value is -2.20. The fourth-order valence-corrected chi connectivity index (χ4v) is 4.46. The van der Waals surface area contributed by atoms with E-state index in [0.29, 0.717) is 6.42 Å². The number of nitrogens with two attached hydrogens (primary N) is 1. The van der Waals surface area contributed by atoms with Crippen LogP contribution in [0.25, 0.3) is 0 Å².